The third-order valence-electron chi connectivity index (χ3n) is 2.53. The third-order valence-corrected chi connectivity index (χ3v) is 2.53. The maximum atomic E-state index is 12.7. The Labute approximate surface area is 119 Å². The number of nitrogens with two attached hydrogens (primary N) is 1. The van der Waals surface area contributed by atoms with Crippen molar-refractivity contribution in [1.82, 2.24) is 4.98 Å². The number of amidine groups is 1. The smallest absolute Gasteiger partial charge is 0.409 e. The van der Waals surface area contributed by atoms with Gasteiger partial charge in [0.25, 0.3) is 0 Å². The molecule has 0 unspecified atom stereocenters. The Morgan fingerprint density at radius 2 is 1.95 bits per heavy atom. The Kier molecular flexibility index (Phi) is 4.67. The largest absolute Gasteiger partial charge is 0.433 e. The zero-order valence-electron chi connectivity index (χ0n) is 11.8. The number of nitrogens with zero attached hydrogens (tertiary/aromatic N) is 3. The molecule has 0 radical (unpaired) electrons. The van der Waals surface area contributed by atoms with Crippen molar-refractivity contribution in [3.63, 3.8) is 0 Å². The third kappa shape index (κ3) is 4.48. The lowest BCUT2D eigenvalue weighted by Gasteiger charge is -2.28. The number of hydrogen-bond donors (Lipinski definition) is 3. The van der Waals surface area contributed by atoms with Crippen LogP contribution in [0.5, 0.6) is 0 Å². The van der Waals surface area contributed by atoms with Crippen molar-refractivity contribution in [3.05, 3.63) is 23.4 Å². The van der Waals surface area contributed by atoms with Crippen molar-refractivity contribution in [3.8, 4) is 0 Å². The van der Waals surface area contributed by atoms with Gasteiger partial charge in [-0.3, -0.25) is 0 Å². The van der Waals surface area contributed by atoms with Crippen LogP contribution in [-0.4, -0.2) is 40.3 Å². The molecule has 0 amide bonds. The number of rotatable bonds is 4. The number of alkyl halides is 3. The Balaban J connectivity index is 3.36. The van der Waals surface area contributed by atoms with Gasteiger partial charge in [-0.1, -0.05) is 5.16 Å². The van der Waals surface area contributed by atoms with Crippen LogP contribution in [0.15, 0.2) is 17.3 Å². The molecule has 0 aliphatic carbocycles. The van der Waals surface area contributed by atoms with Gasteiger partial charge in [0.1, 0.15) is 11.5 Å². The number of hydrogen-bond acceptors (Lipinski definition) is 5. The van der Waals surface area contributed by atoms with Gasteiger partial charge in [-0.2, -0.15) is 13.2 Å². The molecule has 0 aliphatic rings. The van der Waals surface area contributed by atoms with Crippen molar-refractivity contribution in [2.45, 2.75) is 25.6 Å². The minimum Gasteiger partial charge on any atom is -0.409 e. The van der Waals surface area contributed by atoms with Crippen LogP contribution in [0.1, 0.15) is 25.1 Å². The van der Waals surface area contributed by atoms with Crippen molar-refractivity contribution < 1.29 is 23.5 Å². The highest BCUT2D eigenvalue weighted by Crippen LogP contribution is 2.30. The van der Waals surface area contributed by atoms with Crippen LogP contribution in [0.2, 0.25) is 0 Å². The molecule has 1 rings (SSSR count). The first-order chi connectivity index (χ1) is 9.45. The van der Waals surface area contributed by atoms with Gasteiger partial charge in [0, 0.05) is 13.6 Å². The van der Waals surface area contributed by atoms with E-state index in [0.29, 0.717) is 0 Å². The summed E-state index contributed by atoms with van der Waals surface area (Å²) >= 11 is 0. The maximum Gasteiger partial charge on any atom is 0.433 e. The van der Waals surface area contributed by atoms with Gasteiger partial charge in [-0.15, -0.1) is 0 Å². The number of pyridine rings is 1. The minimum atomic E-state index is -4.62. The first-order valence-electron chi connectivity index (χ1n) is 5.95. The van der Waals surface area contributed by atoms with E-state index in [-0.39, 0.29) is 23.8 Å². The fourth-order valence-corrected chi connectivity index (χ4v) is 1.81. The topological polar surface area (TPSA) is 95.0 Å². The summed E-state index contributed by atoms with van der Waals surface area (Å²) in [6, 6.07) is 1.82. The van der Waals surface area contributed by atoms with Crippen LogP contribution in [-0.2, 0) is 6.18 Å². The summed E-state index contributed by atoms with van der Waals surface area (Å²) in [6.45, 7) is 3.01. The van der Waals surface area contributed by atoms with E-state index in [1.807, 2.05) is 0 Å². The molecule has 0 saturated heterocycles. The lowest BCUT2D eigenvalue weighted by atomic mass is 10.1. The van der Waals surface area contributed by atoms with Crippen molar-refractivity contribution in [2.75, 3.05) is 18.5 Å². The summed E-state index contributed by atoms with van der Waals surface area (Å²) in [5, 5.41) is 21.2. The molecule has 6 nitrogen and oxygen atoms in total. The van der Waals surface area contributed by atoms with Crippen LogP contribution in [0.25, 0.3) is 0 Å². The van der Waals surface area contributed by atoms with Crippen LogP contribution < -0.4 is 10.6 Å². The molecule has 1 aromatic heterocycles. The number of halogens is 3. The van der Waals surface area contributed by atoms with Gasteiger partial charge in [-0.05, 0) is 26.0 Å². The highest BCUT2D eigenvalue weighted by molar-refractivity contribution is 6.01. The van der Waals surface area contributed by atoms with Gasteiger partial charge < -0.3 is 20.9 Å². The van der Waals surface area contributed by atoms with E-state index in [2.05, 4.69) is 10.1 Å². The number of oxime groups is 1. The minimum absolute atomic E-state index is 0.00696. The van der Waals surface area contributed by atoms with E-state index in [1.165, 1.54) is 25.8 Å². The molecule has 1 heterocycles. The van der Waals surface area contributed by atoms with E-state index in [4.69, 9.17) is 10.9 Å². The number of aromatic nitrogens is 1. The number of likely N-dealkylation sites (N-methyl/N-ethyl adjacent to an activating group) is 1. The molecular formula is C12H17F3N4O2. The van der Waals surface area contributed by atoms with Gasteiger partial charge >= 0.3 is 6.18 Å². The molecule has 118 valence electrons. The Hall–Kier alpha value is -2.03. The van der Waals surface area contributed by atoms with Crippen molar-refractivity contribution in [2.24, 2.45) is 10.9 Å². The van der Waals surface area contributed by atoms with Crippen LogP contribution in [0.3, 0.4) is 0 Å². The average molecular weight is 306 g/mol. The van der Waals surface area contributed by atoms with Gasteiger partial charge in [0.15, 0.2) is 5.84 Å². The highest BCUT2D eigenvalue weighted by atomic mass is 19.4. The highest BCUT2D eigenvalue weighted by Gasteiger charge is 2.34. The summed E-state index contributed by atoms with van der Waals surface area (Å²) < 4.78 is 38.2. The fraction of sp³-hybridized carbons (Fsp3) is 0.500. The molecule has 0 atom stereocenters. The fourth-order valence-electron chi connectivity index (χ4n) is 1.81. The monoisotopic (exact) mass is 306 g/mol. The van der Waals surface area contributed by atoms with E-state index in [0.717, 1.165) is 12.1 Å². The summed E-state index contributed by atoms with van der Waals surface area (Å²) in [7, 11) is 1.45. The van der Waals surface area contributed by atoms with E-state index in [9.17, 15) is 18.3 Å². The quantitative estimate of drug-likeness (QED) is 0.338. The molecule has 0 spiro atoms. The molecule has 21 heavy (non-hydrogen) atoms. The first-order valence-corrected chi connectivity index (χ1v) is 5.95. The molecule has 4 N–H and O–H groups in total. The maximum absolute atomic E-state index is 12.7. The second-order valence-electron chi connectivity index (χ2n) is 5.22. The molecule has 9 heteroatoms. The normalized spacial score (nSPS) is 13.4. The predicted molar refractivity (Wildman–Crippen MR) is 71.3 cm³/mol. The number of aliphatic hydroxyl groups is 1. The van der Waals surface area contributed by atoms with Crippen LogP contribution >= 0.6 is 0 Å². The zero-order chi connectivity index (χ0) is 16.4. The molecule has 0 bridgehead atoms. The summed E-state index contributed by atoms with van der Waals surface area (Å²) in [5.41, 5.74) is 3.22. The standard InChI is InChI=1S/C12H17F3N4O2/c1-11(2,20)6-19(3)10-7(9(16)18-21)4-5-8(17-10)12(13,14)15/h4-5,20-21H,6H2,1-3H3,(H2,16,18). The summed E-state index contributed by atoms with van der Waals surface area (Å²) in [6.07, 6.45) is -4.62. The summed E-state index contributed by atoms with van der Waals surface area (Å²) in [5.74, 6) is -0.504. The zero-order valence-corrected chi connectivity index (χ0v) is 11.8. The van der Waals surface area contributed by atoms with Gasteiger partial charge in [0.2, 0.25) is 0 Å². The molecule has 0 aliphatic heterocycles. The molecule has 0 saturated carbocycles. The van der Waals surface area contributed by atoms with E-state index in [1.54, 1.807) is 0 Å². The lowest BCUT2D eigenvalue weighted by molar-refractivity contribution is -0.141. The second-order valence-corrected chi connectivity index (χ2v) is 5.22. The predicted octanol–water partition coefficient (Wildman–Crippen LogP) is 1.40. The van der Waals surface area contributed by atoms with Crippen molar-refractivity contribution in [1.29, 1.82) is 0 Å². The van der Waals surface area contributed by atoms with Crippen molar-refractivity contribution >= 4 is 11.7 Å². The van der Waals surface area contributed by atoms with Gasteiger partial charge in [0.05, 0.1) is 11.2 Å². The molecule has 0 aromatic carbocycles. The van der Waals surface area contributed by atoms with Crippen LogP contribution in [0.4, 0.5) is 19.0 Å². The molecule has 0 fully saturated rings. The lowest BCUT2D eigenvalue weighted by Crippen LogP contribution is -2.38. The summed E-state index contributed by atoms with van der Waals surface area (Å²) in [4.78, 5) is 4.82. The Morgan fingerprint density at radius 1 is 1.38 bits per heavy atom. The Morgan fingerprint density at radius 3 is 2.38 bits per heavy atom. The van der Waals surface area contributed by atoms with Crippen LogP contribution in [0, 0.1) is 0 Å². The van der Waals surface area contributed by atoms with E-state index >= 15 is 0 Å². The molecule has 1 aromatic rings. The Bertz CT molecular complexity index is 538. The van der Waals surface area contributed by atoms with E-state index < -0.39 is 17.5 Å². The first kappa shape index (κ1) is 17.0. The average Bonchev–Trinajstić information content (AvgIpc) is 2.34. The SMILES string of the molecule is CN(CC(C)(C)O)c1nc(C(F)(F)F)ccc1C(N)=NO. The number of anilines is 1. The second kappa shape index (κ2) is 5.76. The van der Waals surface area contributed by atoms with Gasteiger partial charge in [-0.25, -0.2) is 4.98 Å². The molecular weight excluding hydrogens is 289 g/mol.